The molecule has 3 N–H and O–H groups in total. The molecule has 1 aliphatic carbocycles. The van der Waals surface area contributed by atoms with Crippen molar-refractivity contribution in [2.24, 2.45) is 5.92 Å². The molecule has 0 radical (unpaired) electrons. The highest BCUT2D eigenvalue weighted by Gasteiger charge is 2.38. The Morgan fingerprint density at radius 2 is 2.00 bits per heavy atom. The van der Waals surface area contributed by atoms with Crippen molar-refractivity contribution in [1.29, 1.82) is 5.41 Å². The van der Waals surface area contributed by atoms with Crippen LogP contribution in [0.4, 0.5) is 20.4 Å². The number of nitrogens with one attached hydrogen (secondary N) is 2. The lowest BCUT2D eigenvalue weighted by Crippen LogP contribution is -2.26. The SMILES string of the molecule is CC(C)C(=N)c1c(-c2ccc(N3CCC(F)(F)C3)nc2)cc(C(=O)O)nc1NC1CCCCC1. The van der Waals surface area contributed by atoms with E-state index in [1.165, 1.54) is 12.5 Å². The molecule has 0 unspecified atom stereocenters. The van der Waals surface area contributed by atoms with E-state index >= 15 is 0 Å². The number of nitrogens with zero attached hydrogens (tertiary/aromatic N) is 3. The molecule has 2 fully saturated rings. The van der Waals surface area contributed by atoms with Crippen LogP contribution in [0.2, 0.25) is 0 Å². The van der Waals surface area contributed by atoms with Crippen molar-refractivity contribution < 1.29 is 18.7 Å². The van der Waals surface area contributed by atoms with Crippen LogP contribution < -0.4 is 10.2 Å². The molecule has 34 heavy (non-hydrogen) atoms. The zero-order chi connectivity index (χ0) is 24.5. The summed E-state index contributed by atoms with van der Waals surface area (Å²) in [7, 11) is 0. The summed E-state index contributed by atoms with van der Waals surface area (Å²) >= 11 is 0. The molecule has 182 valence electrons. The number of hydrogen-bond donors (Lipinski definition) is 3. The average molecular weight is 472 g/mol. The number of carbonyl (C=O) groups is 1. The van der Waals surface area contributed by atoms with Crippen LogP contribution in [0.5, 0.6) is 0 Å². The van der Waals surface area contributed by atoms with Gasteiger partial charge in [-0.2, -0.15) is 0 Å². The standard InChI is InChI=1S/C25H31F2N5O2/c1-15(2)22(28)21-18(16-8-9-20(29-13-16)32-11-10-25(26,27)14-32)12-19(24(33)34)31-23(21)30-17-6-4-3-5-7-17/h8-9,12-13,15,17,28H,3-7,10-11,14H2,1-2H3,(H,30,31)(H,33,34). The fourth-order valence-electron chi connectivity index (χ4n) is 4.65. The van der Waals surface area contributed by atoms with E-state index < -0.39 is 11.9 Å². The Morgan fingerprint density at radius 1 is 1.26 bits per heavy atom. The van der Waals surface area contributed by atoms with E-state index in [-0.39, 0.29) is 37.2 Å². The summed E-state index contributed by atoms with van der Waals surface area (Å²) in [6, 6.07) is 5.08. The lowest BCUT2D eigenvalue weighted by Gasteiger charge is -2.26. The van der Waals surface area contributed by atoms with Gasteiger partial charge in [-0.3, -0.25) is 0 Å². The van der Waals surface area contributed by atoms with Crippen LogP contribution in [-0.2, 0) is 0 Å². The normalized spacial score (nSPS) is 18.3. The molecule has 9 heteroatoms. The number of alkyl halides is 2. The van der Waals surface area contributed by atoms with E-state index in [9.17, 15) is 18.7 Å². The number of pyridine rings is 2. The van der Waals surface area contributed by atoms with Gasteiger partial charge in [0, 0.05) is 42.0 Å². The van der Waals surface area contributed by atoms with E-state index in [1.807, 2.05) is 13.8 Å². The minimum Gasteiger partial charge on any atom is -0.477 e. The van der Waals surface area contributed by atoms with Gasteiger partial charge < -0.3 is 20.7 Å². The van der Waals surface area contributed by atoms with Crippen LogP contribution in [0.25, 0.3) is 11.1 Å². The molecule has 2 aromatic heterocycles. The monoisotopic (exact) mass is 471 g/mol. The molecule has 7 nitrogen and oxygen atoms in total. The second-order valence-electron chi connectivity index (χ2n) is 9.56. The highest BCUT2D eigenvalue weighted by Crippen LogP contribution is 2.35. The van der Waals surface area contributed by atoms with Crippen molar-refractivity contribution in [3.05, 3.63) is 35.7 Å². The maximum atomic E-state index is 13.6. The summed E-state index contributed by atoms with van der Waals surface area (Å²) in [4.78, 5) is 22.2. The van der Waals surface area contributed by atoms with Crippen LogP contribution in [-0.4, -0.2) is 51.8 Å². The topological polar surface area (TPSA) is 102 Å². The minimum atomic E-state index is -2.72. The summed E-state index contributed by atoms with van der Waals surface area (Å²) in [5.74, 6) is -3.12. The molecule has 3 heterocycles. The molecular weight excluding hydrogens is 440 g/mol. The molecule has 0 spiro atoms. The second-order valence-corrected chi connectivity index (χ2v) is 9.56. The fourth-order valence-corrected chi connectivity index (χ4v) is 4.65. The van der Waals surface area contributed by atoms with Crippen molar-refractivity contribution in [3.8, 4) is 11.1 Å². The number of aromatic nitrogens is 2. The Balaban J connectivity index is 1.76. The molecule has 0 aromatic carbocycles. The maximum Gasteiger partial charge on any atom is 0.354 e. The van der Waals surface area contributed by atoms with Crippen molar-refractivity contribution >= 4 is 23.3 Å². The molecule has 4 rings (SSSR count). The molecule has 0 bridgehead atoms. The van der Waals surface area contributed by atoms with Gasteiger partial charge in [-0.1, -0.05) is 33.1 Å². The third-order valence-electron chi connectivity index (χ3n) is 6.58. The van der Waals surface area contributed by atoms with E-state index in [2.05, 4.69) is 15.3 Å². The summed E-state index contributed by atoms with van der Waals surface area (Å²) in [5.41, 5.74) is 1.97. The van der Waals surface area contributed by atoms with Gasteiger partial charge in [0.2, 0.25) is 0 Å². The lowest BCUT2D eigenvalue weighted by atomic mass is 9.91. The van der Waals surface area contributed by atoms with Crippen LogP contribution in [0.1, 0.15) is 68.4 Å². The van der Waals surface area contributed by atoms with Crippen LogP contribution in [0.3, 0.4) is 0 Å². The Morgan fingerprint density at radius 3 is 2.56 bits per heavy atom. The Bertz CT molecular complexity index is 1070. The predicted octanol–water partition coefficient (Wildman–Crippen LogP) is 5.46. The molecule has 0 atom stereocenters. The first-order valence-electron chi connectivity index (χ1n) is 11.9. The second kappa shape index (κ2) is 9.64. The Labute approximate surface area is 198 Å². The van der Waals surface area contributed by atoms with Crippen molar-refractivity contribution in [3.63, 3.8) is 0 Å². The van der Waals surface area contributed by atoms with Gasteiger partial charge in [0.1, 0.15) is 11.6 Å². The van der Waals surface area contributed by atoms with Crippen LogP contribution in [0.15, 0.2) is 24.4 Å². The van der Waals surface area contributed by atoms with Gasteiger partial charge >= 0.3 is 5.97 Å². The molecule has 1 aliphatic heterocycles. The Kier molecular flexibility index (Phi) is 6.81. The van der Waals surface area contributed by atoms with Crippen LogP contribution >= 0.6 is 0 Å². The first kappa shape index (κ1) is 24.0. The lowest BCUT2D eigenvalue weighted by molar-refractivity contribution is 0.0256. The first-order valence-corrected chi connectivity index (χ1v) is 11.9. The van der Waals surface area contributed by atoms with E-state index in [0.717, 1.165) is 25.7 Å². The number of carboxylic acids is 1. The highest BCUT2D eigenvalue weighted by molar-refractivity contribution is 6.09. The summed E-state index contributed by atoms with van der Waals surface area (Å²) < 4.78 is 27.3. The zero-order valence-corrected chi connectivity index (χ0v) is 19.6. The van der Waals surface area contributed by atoms with Crippen LogP contribution in [0, 0.1) is 11.3 Å². The molecule has 2 aromatic rings. The van der Waals surface area contributed by atoms with Gasteiger partial charge in [0.25, 0.3) is 5.92 Å². The predicted molar refractivity (Wildman–Crippen MR) is 128 cm³/mol. The summed E-state index contributed by atoms with van der Waals surface area (Å²) in [6.07, 6.45) is 6.69. The molecule has 0 amide bonds. The third kappa shape index (κ3) is 5.18. The molecule has 1 saturated carbocycles. The maximum absolute atomic E-state index is 13.6. The quantitative estimate of drug-likeness (QED) is 0.464. The van der Waals surface area contributed by atoms with Crippen molar-refractivity contribution in [2.45, 2.75) is 64.3 Å². The highest BCUT2D eigenvalue weighted by atomic mass is 19.3. The van der Waals surface area contributed by atoms with E-state index in [1.54, 1.807) is 23.2 Å². The number of rotatable bonds is 7. The third-order valence-corrected chi connectivity index (χ3v) is 6.58. The minimum absolute atomic E-state index is 0.109. The van der Waals surface area contributed by atoms with Gasteiger partial charge in [0.15, 0.2) is 5.69 Å². The van der Waals surface area contributed by atoms with Gasteiger partial charge in [0.05, 0.1) is 6.54 Å². The number of hydrogen-bond acceptors (Lipinski definition) is 6. The van der Waals surface area contributed by atoms with Crippen molar-refractivity contribution in [2.75, 3.05) is 23.3 Å². The van der Waals surface area contributed by atoms with Gasteiger partial charge in [-0.15, -0.1) is 0 Å². The zero-order valence-electron chi connectivity index (χ0n) is 19.6. The average Bonchev–Trinajstić information content (AvgIpc) is 3.18. The summed E-state index contributed by atoms with van der Waals surface area (Å²) in [6.45, 7) is 3.69. The van der Waals surface area contributed by atoms with Gasteiger partial charge in [-0.25, -0.2) is 23.5 Å². The Hall–Kier alpha value is -3.10. The van der Waals surface area contributed by atoms with Gasteiger partial charge in [-0.05, 0) is 42.5 Å². The van der Waals surface area contributed by atoms with E-state index in [0.29, 0.717) is 34.0 Å². The number of anilines is 2. The smallest absolute Gasteiger partial charge is 0.354 e. The molecule has 2 aliphatic rings. The number of carboxylic acid groups (broad SMARTS) is 1. The van der Waals surface area contributed by atoms with Crippen molar-refractivity contribution in [1.82, 2.24) is 9.97 Å². The first-order chi connectivity index (χ1) is 16.1. The molecule has 1 saturated heterocycles. The van der Waals surface area contributed by atoms with E-state index in [4.69, 9.17) is 5.41 Å². The number of halogens is 2. The summed E-state index contributed by atoms with van der Waals surface area (Å²) in [5, 5.41) is 21.9. The molecular formula is C25H31F2N5O2. The number of aromatic carboxylic acids is 1. The fraction of sp³-hybridized carbons (Fsp3) is 0.520. The largest absolute Gasteiger partial charge is 0.477 e.